The van der Waals surface area contributed by atoms with Crippen LogP contribution in [0.3, 0.4) is 0 Å². The van der Waals surface area contributed by atoms with Crippen LogP contribution < -0.4 is 5.32 Å². The number of H-pyrrole nitrogens is 1. The Morgan fingerprint density at radius 3 is 3.11 bits per heavy atom. The Balaban J connectivity index is 1.84. The zero-order valence-corrected chi connectivity index (χ0v) is 11.3. The Bertz CT molecular complexity index is 718. The van der Waals surface area contributed by atoms with Crippen LogP contribution in [0.2, 0.25) is 5.02 Å². The normalized spacial score (nSPS) is 10.8. The molecule has 0 atom stereocenters. The first-order chi connectivity index (χ1) is 9.24. The van der Waals surface area contributed by atoms with Crippen molar-refractivity contribution in [2.45, 2.75) is 13.5 Å². The number of benzene rings is 1. The predicted molar refractivity (Wildman–Crippen MR) is 79.6 cm³/mol. The number of pyridine rings is 1. The lowest BCUT2D eigenvalue weighted by molar-refractivity contribution is 1.15. The molecule has 96 valence electrons. The monoisotopic (exact) mass is 271 g/mol. The van der Waals surface area contributed by atoms with Gasteiger partial charge in [0.1, 0.15) is 5.65 Å². The average molecular weight is 272 g/mol. The predicted octanol–water partition coefficient (Wildman–Crippen LogP) is 4.14. The number of aryl methyl sites for hydroxylation is 1. The Morgan fingerprint density at radius 2 is 2.21 bits per heavy atom. The molecular weight excluding hydrogens is 258 g/mol. The van der Waals surface area contributed by atoms with E-state index < -0.39 is 0 Å². The van der Waals surface area contributed by atoms with Gasteiger partial charge in [-0.1, -0.05) is 17.7 Å². The fourth-order valence-corrected chi connectivity index (χ4v) is 2.31. The van der Waals surface area contributed by atoms with E-state index in [9.17, 15) is 0 Å². The van der Waals surface area contributed by atoms with E-state index in [2.05, 4.69) is 28.3 Å². The number of hydrogen-bond acceptors (Lipinski definition) is 2. The van der Waals surface area contributed by atoms with Gasteiger partial charge in [-0.3, -0.25) is 0 Å². The maximum Gasteiger partial charge on any atom is 0.137 e. The molecule has 2 N–H and O–H groups in total. The summed E-state index contributed by atoms with van der Waals surface area (Å²) in [6.07, 6.45) is 3.78. The van der Waals surface area contributed by atoms with Crippen LogP contribution >= 0.6 is 11.6 Å². The molecule has 0 fully saturated rings. The molecule has 0 unspecified atom stereocenters. The SMILES string of the molecule is Cc1ccc(Cl)cc1NCc1c[nH]c2ncccc12. The third-order valence-corrected chi connectivity index (χ3v) is 3.44. The minimum atomic E-state index is 0.743. The maximum absolute atomic E-state index is 6.02. The molecule has 4 heteroatoms. The smallest absolute Gasteiger partial charge is 0.137 e. The van der Waals surface area contributed by atoms with E-state index in [-0.39, 0.29) is 0 Å². The molecule has 1 aromatic carbocycles. The Labute approximate surface area is 116 Å². The topological polar surface area (TPSA) is 40.7 Å². The number of aromatic amines is 1. The third-order valence-electron chi connectivity index (χ3n) is 3.21. The molecule has 2 aromatic heterocycles. The van der Waals surface area contributed by atoms with Crippen molar-refractivity contribution < 1.29 is 0 Å². The molecule has 0 amide bonds. The van der Waals surface area contributed by atoms with Crippen molar-refractivity contribution in [2.75, 3.05) is 5.32 Å². The lowest BCUT2D eigenvalue weighted by atomic mass is 10.2. The van der Waals surface area contributed by atoms with E-state index in [1.54, 1.807) is 6.20 Å². The van der Waals surface area contributed by atoms with Crippen molar-refractivity contribution >= 4 is 28.3 Å². The molecular formula is C15H14ClN3. The van der Waals surface area contributed by atoms with Gasteiger partial charge in [0, 0.05) is 35.0 Å². The number of aromatic nitrogens is 2. The number of halogens is 1. The van der Waals surface area contributed by atoms with Gasteiger partial charge in [0.15, 0.2) is 0 Å². The van der Waals surface area contributed by atoms with E-state index in [0.29, 0.717) is 0 Å². The van der Waals surface area contributed by atoms with Gasteiger partial charge in [-0.25, -0.2) is 4.98 Å². The van der Waals surface area contributed by atoms with Crippen LogP contribution in [0.25, 0.3) is 11.0 Å². The number of anilines is 1. The molecule has 3 aromatic rings. The molecule has 0 saturated carbocycles. The highest BCUT2D eigenvalue weighted by Crippen LogP contribution is 2.22. The van der Waals surface area contributed by atoms with Gasteiger partial charge in [-0.05, 0) is 42.3 Å². The van der Waals surface area contributed by atoms with Gasteiger partial charge in [0.2, 0.25) is 0 Å². The minimum Gasteiger partial charge on any atom is -0.381 e. The second-order valence-corrected chi connectivity index (χ2v) is 4.96. The molecule has 0 aliphatic heterocycles. The molecule has 0 aliphatic carbocycles. The zero-order valence-electron chi connectivity index (χ0n) is 10.6. The number of nitrogens with zero attached hydrogens (tertiary/aromatic N) is 1. The Kier molecular flexibility index (Phi) is 3.13. The fourth-order valence-electron chi connectivity index (χ4n) is 2.13. The highest BCUT2D eigenvalue weighted by molar-refractivity contribution is 6.30. The summed E-state index contributed by atoms with van der Waals surface area (Å²) < 4.78 is 0. The number of fused-ring (bicyclic) bond motifs is 1. The molecule has 19 heavy (non-hydrogen) atoms. The van der Waals surface area contributed by atoms with E-state index in [4.69, 9.17) is 11.6 Å². The van der Waals surface area contributed by atoms with Gasteiger partial charge in [-0.15, -0.1) is 0 Å². The quantitative estimate of drug-likeness (QED) is 0.752. The molecule has 0 spiro atoms. The van der Waals surface area contributed by atoms with Crippen LogP contribution in [0.15, 0.2) is 42.7 Å². The lowest BCUT2D eigenvalue weighted by Crippen LogP contribution is -2.00. The Morgan fingerprint density at radius 1 is 1.32 bits per heavy atom. The summed E-state index contributed by atoms with van der Waals surface area (Å²) in [4.78, 5) is 7.46. The van der Waals surface area contributed by atoms with E-state index in [1.807, 2.05) is 30.5 Å². The molecule has 2 heterocycles. The fraction of sp³-hybridized carbons (Fsp3) is 0.133. The molecule has 0 bridgehead atoms. The summed E-state index contributed by atoms with van der Waals surface area (Å²) in [7, 11) is 0. The number of hydrogen-bond donors (Lipinski definition) is 2. The van der Waals surface area contributed by atoms with Crippen molar-refractivity contribution in [3.8, 4) is 0 Å². The van der Waals surface area contributed by atoms with E-state index in [1.165, 1.54) is 11.1 Å². The maximum atomic E-state index is 6.02. The largest absolute Gasteiger partial charge is 0.381 e. The van der Waals surface area contributed by atoms with Crippen molar-refractivity contribution in [1.29, 1.82) is 0 Å². The van der Waals surface area contributed by atoms with Crippen LogP contribution in [-0.2, 0) is 6.54 Å². The molecule has 0 saturated heterocycles. The standard InChI is InChI=1S/C15H14ClN3/c1-10-4-5-12(16)7-14(10)18-8-11-9-19-15-13(11)3-2-6-17-15/h2-7,9,18H,8H2,1H3,(H,17,19). The van der Waals surface area contributed by atoms with Crippen LogP contribution in [0.1, 0.15) is 11.1 Å². The summed E-state index contributed by atoms with van der Waals surface area (Å²) in [5.41, 5.74) is 4.36. The second kappa shape index (κ2) is 4.94. The summed E-state index contributed by atoms with van der Waals surface area (Å²) in [6.45, 7) is 2.81. The van der Waals surface area contributed by atoms with Crippen LogP contribution in [-0.4, -0.2) is 9.97 Å². The lowest BCUT2D eigenvalue weighted by Gasteiger charge is -2.09. The highest BCUT2D eigenvalue weighted by atomic mass is 35.5. The van der Waals surface area contributed by atoms with Gasteiger partial charge in [0.05, 0.1) is 0 Å². The van der Waals surface area contributed by atoms with Crippen molar-refractivity contribution in [2.24, 2.45) is 0 Å². The molecule has 3 rings (SSSR count). The molecule has 3 nitrogen and oxygen atoms in total. The van der Waals surface area contributed by atoms with Crippen molar-refractivity contribution in [3.63, 3.8) is 0 Å². The van der Waals surface area contributed by atoms with Crippen molar-refractivity contribution in [3.05, 3.63) is 58.9 Å². The number of rotatable bonds is 3. The summed E-state index contributed by atoms with van der Waals surface area (Å²) in [6, 6.07) is 9.88. The minimum absolute atomic E-state index is 0.743. The van der Waals surface area contributed by atoms with Gasteiger partial charge in [-0.2, -0.15) is 0 Å². The van der Waals surface area contributed by atoms with Crippen LogP contribution in [0, 0.1) is 6.92 Å². The van der Waals surface area contributed by atoms with Gasteiger partial charge < -0.3 is 10.3 Å². The summed E-state index contributed by atoms with van der Waals surface area (Å²) >= 11 is 6.02. The molecule has 0 aliphatic rings. The highest BCUT2D eigenvalue weighted by Gasteiger charge is 2.04. The van der Waals surface area contributed by atoms with Crippen LogP contribution in [0.4, 0.5) is 5.69 Å². The van der Waals surface area contributed by atoms with E-state index >= 15 is 0 Å². The summed E-state index contributed by atoms with van der Waals surface area (Å²) in [5.74, 6) is 0. The van der Waals surface area contributed by atoms with Crippen LogP contribution in [0.5, 0.6) is 0 Å². The van der Waals surface area contributed by atoms with E-state index in [0.717, 1.165) is 28.3 Å². The van der Waals surface area contributed by atoms with Gasteiger partial charge >= 0.3 is 0 Å². The van der Waals surface area contributed by atoms with Gasteiger partial charge in [0.25, 0.3) is 0 Å². The first-order valence-electron chi connectivity index (χ1n) is 6.15. The third kappa shape index (κ3) is 2.42. The average Bonchev–Trinajstić information content (AvgIpc) is 2.83. The second-order valence-electron chi connectivity index (χ2n) is 4.53. The zero-order chi connectivity index (χ0) is 13.2. The summed E-state index contributed by atoms with van der Waals surface area (Å²) in [5, 5.41) is 5.31. The first kappa shape index (κ1) is 12.1. The molecule has 0 radical (unpaired) electrons. The number of nitrogens with one attached hydrogen (secondary N) is 2. The Hall–Kier alpha value is -2.00. The van der Waals surface area contributed by atoms with Crippen molar-refractivity contribution in [1.82, 2.24) is 9.97 Å². The first-order valence-corrected chi connectivity index (χ1v) is 6.53.